The van der Waals surface area contributed by atoms with Crippen LogP contribution in [-0.2, 0) is 9.59 Å². The van der Waals surface area contributed by atoms with E-state index in [2.05, 4.69) is 10.6 Å². The van der Waals surface area contributed by atoms with Crippen molar-refractivity contribution in [2.45, 2.75) is 13.8 Å². The molecule has 0 saturated heterocycles. The number of hydrogen-bond donors (Lipinski definition) is 3. The first-order valence-electron chi connectivity index (χ1n) is 6.45. The summed E-state index contributed by atoms with van der Waals surface area (Å²) in [6.07, 6.45) is 0. The van der Waals surface area contributed by atoms with E-state index in [0.717, 1.165) is 11.1 Å². The smallest absolute Gasteiger partial charge is 0.314 e. The minimum Gasteiger partial charge on any atom is -0.508 e. The molecule has 2 aromatic carbocycles. The van der Waals surface area contributed by atoms with Crippen molar-refractivity contribution in [2.24, 2.45) is 0 Å². The molecule has 0 aliphatic rings. The second-order valence-corrected chi connectivity index (χ2v) is 4.70. The van der Waals surface area contributed by atoms with Crippen molar-refractivity contribution < 1.29 is 14.7 Å². The van der Waals surface area contributed by atoms with Gasteiger partial charge in [0, 0.05) is 11.4 Å². The fourth-order valence-corrected chi connectivity index (χ4v) is 1.80. The Labute approximate surface area is 122 Å². The first-order valence-corrected chi connectivity index (χ1v) is 6.45. The van der Waals surface area contributed by atoms with Gasteiger partial charge < -0.3 is 15.7 Å². The Morgan fingerprint density at radius 2 is 1.52 bits per heavy atom. The molecule has 0 atom stereocenters. The zero-order chi connectivity index (χ0) is 15.4. The molecule has 0 bridgehead atoms. The topological polar surface area (TPSA) is 78.4 Å². The Kier molecular flexibility index (Phi) is 4.23. The fourth-order valence-electron chi connectivity index (χ4n) is 1.80. The van der Waals surface area contributed by atoms with Crippen molar-refractivity contribution in [1.29, 1.82) is 0 Å². The van der Waals surface area contributed by atoms with Gasteiger partial charge in [-0.2, -0.15) is 0 Å². The third-order valence-electron chi connectivity index (χ3n) is 3.18. The van der Waals surface area contributed by atoms with Gasteiger partial charge in [0.05, 0.1) is 0 Å². The lowest BCUT2D eigenvalue weighted by Crippen LogP contribution is -2.29. The van der Waals surface area contributed by atoms with Crippen LogP contribution in [0.3, 0.4) is 0 Å². The van der Waals surface area contributed by atoms with Crippen LogP contribution in [0.1, 0.15) is 11.1 Å². The number of hydrogen-bond acceptors (Lipinski definition) is 3. The summed E-state index contributed by atoms with van der Waals surface area (Å²) in [5, 5.41) is 14.2. The van der Waals surface area contributed by atoms with E-state index < -0.39 is 11.8 Å². The number of anilines is 2. The number of rotatable bonds is 2. The van der Waals surface area contributed by atoms with Crippen molar-refractivity contribution >= 4 is 23.2 Å². The van der Waals surface area contributed by atoms with Crippen LogP contribution in [0.5, 0.6) is 5.75 Å². The maximum absolute atomic E-state index is 11.9. The third-order valence-corrected chi connectivity index (χ3v) is 3.18. The number of benzene rings is 2. The summed E-state index contributed by atoms with van der Waals surface area (Å²) in [5.74, 6) is -1.41. The molecule has 5 heteroatoms. The lowest BCUT2D eigenvalue weighted by molar-refractivity contribution is -0.133. The van der Waals surface area contributed by atoms with E-state index >= 15 is 0 Å². The molecule has 2 rings (SSSR count). The van der Waals surface area contributed by atoms with Gasteiger partial charge in [0.1, 0.15) is 5.75 Å². The van der Waals surface area contributed by atoms with E-state index in [-0.39, 0.29) is 5.75 Å². The predicted molar refractivity (Wildman–Crippen MR) is 81.3 cm³/mol. The summed E-state index contributed by atoms with van der Waals surface area (Å²) >= 11 is 0. The summed E-state index contributed by atoms with van der Waals surface area (Å²) in [4.78, 5) is 23.7. The first kappa shape index (κ1) is 14.6. The molecule has 0 saturated carbocycles. The highest BCUT2D eigenvalue weighted by molar-refractivity contribution is 6.43. The molecule has 0 fully saturated rings. The third kappa shape index (κ3) is 3.60. The maximum Gasteiger partial charge on any atom is 0.314 e. The highest BCUT2D eigenvalue weighted by Crippen LogP contribution is 2.18. The van der Waals surface area contributed by atoms with Crippen LogP contribution in [0, 0.1) is 13.8 Å². The molecule has 0 spiro atoms. The van der Waals surface area contributed by atoms with E-state index in [1.54, 1.807) is 6.07 Å². The number of carbonyl (C=O) groups excluding carboxylic acids is 2. The Bertz CT molecular complexity index is 678. The quantitative estimate of drug-likeness (QED) is 0.586. The van der Waals surface area contributed by atoms with Crippen LogP contribution >= 0.6 is 0 Å². The van der Waals surface area contributed by atoms with E-state index in [1.165, 1.54) is 24.3 Å². The average molecular weight is 284 g/mol. The lowest BCUT2D eigenvalue weighted by atomic mass is 10.1. The molecule has 0 radical (unpaired) electrons. The molecular formula is C16H16N2O3. The Morgan fingerprint density at radius 1 is 0.905 bits per heavy atom. The number of aryl methyl sites for hydroxylation is 1. The Hall–Kier alpha value is -2.82. The largest absolute Gasteiger partial charge is 0.508 e. The van der Waals surface area contributed by atoms with Crippen LogP contribution in [0.4, 0.5) is 11.4 Å². The highest BCUT2D eigenvalue weighted by Gasteiger charge is 2.15. The molecule has 21 heavy (non-hydrogen) atoms. The SMILES string of the molecule is Cc1cccc(NC(=O)C(=O)Nc2ccc(O)cc2)c1C. The number of nitrogens with one attached hydrogen (secondary N) is 2. The van der Waals surface area contributed by atoms with E-state index in [0.29, 0.717) is 11.4 Å². The van der Waals surface area contributed by atoms with Gasteiger partial charge in [0.25, 0.3) is 0 Å². The summed E-state index contributed by atoms with van der Waals surface area (Å²) < 4.78 is 0. The molecule has 2 aromatic rings. The van der Waals surface area contributed by atoms with Crippen LogP contribution in [0.2, 0.25) is 0 Å². The summed E-state index contributed by atoms with van der Waals surface area (Å²) in [5.41, 5.74) is 3.00. The molecule has 3 N–H and O–H groups in total. The van der Waals surface area contributed by atoms with Gasteiger partial charge in [0.2, 0.25) is 0 Å². The summed E-state index contributed by atoms with van der Waals surface area (Å²) in [6.45, 7) is 3.81. The van der Waals surface area contributed by atoms with Crippen molar-refractivity contribution in [2.75, 3.05) is 10.6 Å². The second-order valence-electron chi connectivity index (χ2n) is 4.70. The minimum absolute atomic E-state index is 0.0906. The van der Waals surface area contributed by atoms with Gasteiger partial charge in [-0.3, -0.25) is 9.59 Å². The average Bonchev–Trinajstić information content (AvgIpc) is 2.46. The molecule has 0 heterocycles. The molecular weight excluding hydrogens is 268 g/mol. The van der Waals surface area contributed by atoms with Crippen LogP contribution in [-0.4, -0.2) is 16.9 Å². The van der Waals surface area contributed by atoms with Crippen molar-refractivity contribution in [3.05, 3.63) is 53.6 Å². The van der Waals surface area contributed by atoms with Crippen molar-refractivity contribution in [3.8, 4) is 5.75 Å². The zero-order valence-electron chi connectivity index (χ0n) is 11.8. The fraction of sp³-hybridized carbons (Fsp3) is 0.125. The monoisotopic (exact) mass is 284 g/mol. The molecule has 0 aliphatic heterocycles. The van der Waals surface area contributed by atoms with Gasteiger partial charge in [0.15, 0.2) is 0 Å². The van der Waals surface area contributed by atoms with Gasteiger partial charge >= 0.3 is 11.8 Å². The van der Waals surface area contributed by atoms with Gasteiger partial charge in [-0.25, -0.2) is 0 Å². The second kappa shape index (κ2) is 6.09. The summed E-state index contributed by atoms with van der Waals surface area (Å²) in [6, 6.07) is 11.4. The molecule has 0 aliphatic carbocycles. The van der Waals surface area contributed by atoms with Crippen molar-refractivity contribution in [1.82, 2.24) is 0 Å². The van der Waals surface area contributed by atoms with Gasteiger partial charge in [-0.15, -0.1) is 0 Å². The van der Waals surface area contributed by atoms with E-state index in [4.69, 9.17) is 5.11 Å². The molecule has 2 amide bonds. The van der Waals surface area contributed by atoms with E-state index in [1.807, 2.05) is 26.0 Å². The normalized spacial score (nSPS) is 10.0. The number of phenols is 1. The number of carbonyl (C=O) groups is 2. The molecule has 5 nitrogen and oxygen atoms in total. The van der Waals surface area contributed by atoms with Gasteiger partial charge in [-0.05, 0) is 55.3 Å². The predicted octanol–water partition coefficient (Wildman–Crippen LogP) is 2.59. The standard InChI is InChI=1S/C16H16N2O3/c1-10-4-3-5-14(11(10)2)18-16(21)15(20)17-12-6-8-13(19)9-7-12/h3-9,19H,1-2H3,(H,17,20)(H,18,21). The molecule has 0 unspecified atom stereocenters. The van der Waals surface area contributed by atoms with Crippen LogP contribution in [0.15, 0.2) is 42.5 Å². The Balaban J connectivity index is 2.04. The lowest BCUT2D eigenvalue weighted by Gasteiger charge is -2.10. The van der Waals surface area contributed by atoms with Crippen LogP contribution in [0.25, 0.3) is 0 Å². The Morgan fingerprint density at radius 3 is 2.19 bits per heavy atom. The molecule has 0 aromatic heterocycles. The number of amides is 2. The maximum atomic E-state index is 11.9. The zero-order valence-corrected chi connectivity index (χ0v) is 11.8. The number of aromatic hydroxyl groups is 1. The van der Waals surface area contributed by atoms with E-state index in [9.17, 15) is 9.59 Å². The summed E-state index contributed by atoms with van der Waals surface area (Å²) in [7, 11) is 0. The number of phenolic OH excluding ortho intramolecular Hbond substituents is 1. The van der Waals surface area contributed by atoms with Gasteiger partial charge in [-0.1, -0.05) is 12.1 Å². The minimum atomic E-state index is -0.762. The highest BCUT2D eigenvalue weighted by atomic mass is 16.3. The van der Waals surface area contributed by atoms with Crippen molar-refractivity contribution in [3.63, 3.8) is 0 Å². The first-order chi connectivity index (χ1) is 9.97. The molecule has 108 valence electrons. The van der Waals surface area contributed by atoms with Crippen LogP contribution < -0.4 is 10.6 Å².